The van der Waals surface area contributed by atoms with Crippen LogP contribution in [0.5, 0.6) is 0 Å². The van der Waals surface area contributed by atoms with Gasteiger partial charge >= 0.3 is 0 Å². The summed E-state index contributed by atoms with van der Waals surface area (Å²) in [4.78, 5) is 2.04. The van der Waals surface area contributed by atoms with Gasteiger partial charge in [-0.1, -0.05) is 6.07 Å². The minimum absolute atomic E-state index is 0.262. The third-order valence-electron chi connectivity index (χ3n) is 2.72. The molecule has 1 aliphatic rings. The molecule has 0 aromatic heterocycles. The number of β-amino-alcohol motifs (C(OH)–C–C–N with tert-alkyl or cyclic N) is 1. The minimum atomic E-state index is -0.267. The van der Waals surface area contributed by atoms with Gasteiger partial charge in [0, 0.05) is 30.9 Å². The van der Waals surface area contributed by atoms with E-state index in [2.05, 4.69) is 0 Å². The first-order valence-electron chi connectivity index (χ1n) is 5.09. The molecule has 0 amide bonds. The second-order valence-corrected chi connectivity index (χ2v) is 4.03. The summed E-state index contributed by atoms with van der Waals surface area (Å²) in [6, 6.07) is 4.74. The lowest BCUT2D eigenvalue weighted by Gasteiger charge is -2.15. The highest BCUT2D eigenvalue weighted by molar-refractivity contribution is 5.40. The zero-order valence-electron chi connectivity index (χ0n) is 8.49. The maximum atomic E-state index is 13.4. The molecule has 0 aliphatic carbocycles. The SMILES string of the molecule is Nc1ccc(CN2CCC(O)C2)c(F)c1. The highest BCUT2D eigenvalue weighted by atomic mass is 19.1. The van der Waals surface area contributed by atoms with Crippen molar-refractivity contribution >= 4 is 5.69 Å². The Morgan fingerprint density at radius 3 is 2.93 bits per heavy atom. The summed E-state index contributed by atoms with van der Waals surface area (Å²) in [6.45, 7) is 2.00. The quantitative estimate of drug-likeness (QED) is 0.715. The van der Waals surface area contributed by atoms with E-state index in [1.54, 1.807) is 12.1 Å². The van der Waals surface area contributed by atoms with Crippen LogP contribution in [0, 0.1) is 5.82 Å². The molecule has 1 atom stereocenters. The van der Waals surface area contributed by atoms with Crippen LogP contribution in [-0.2, 0) is 6.54 Å². The van der Waals surface area contributed by atoms with E-state index in [1.165, 1.54) is 6.07 Å². The van der Waals surface area contributed by atoms with Crippen LogP contribution in [-0.4, -0.2) is 29.2 Å². The average Bonchev–Trinajstić information content (AvgIpc) is 2.56. The van der Waals surface area contributed by atoms with E-state index >= 15 is 0 Å². The zero-order valence-corrected chi connectivity index (χ0v) is 8.49. The normalized spacial score (nSPS) is 22.1. The summed E-state index contributed by atoms with van der Waals surface area (Å²) >= 11 is 0. The van der Waals surface area contributed by atoms with Crippen LogP contribution in [0.1, 0.15) is 12.0 Å². The first-order chi connectivity index (χ1) is 7.15. The molecule has 82 valence electrons. The number of nitrogen functional groups attached to an aromatic ring is 1. The number of anilines is 1. The van der Waals surface area contributed by atoms with Crippen molar-refractivity contribution in [3.8, 4) is 0 Å². The average molecular weight is 210 g/mol. The summed E-state index contributed by atoms with van der Waals surface area (Å²) in [5.74, 6) is -0.267. The fraction of sp³-hybridized carbons (Fsp3) is 0.455. The van der Waals surface area contributed by atoms with Gasteiger partial charge in [0.1, 0.15) is 5.82 Å². The third-order valence-corrected chi connectivity index (χ3v) is 2.72. The van der Waals surface area contributed by atoms with E-state index in [9.17, 15) is 9.50 Å². The number of halogens is 1. The van der Waals surface area contributed by atoms with Crippen LogP contribution in [0.25, 0.3) is 0 Å². The first kappa shape index (κ1) is 10.4. The predicted molar refractivity (Wildman–Crippen MR) is 56.7 cm³/mol. The van der Waals surface area contributed by atoms with Gasteiger partial charge < -0.3 is 10.8 Å². The summed E-state index contributed by atoms with van der Waals surface area (Å²) in [7, 11) is 0. The van der Waals surface area contributed by atoms with Gasteiger partial charge in [0.15, 0.2) is 0 Å². The fourth-order valence-corrected chi connectivity index (χ4v) is 1.89. The van der Waals surface area contributed by atoms with Crippen molar-refractivity contribution in [3.05, 3.63) is 29.6 Å². The van der Waals surface area contributed by atoms with Crippen molar-refractivity contribution in [2.45, 2.75) is 19.1 Å². The maximum absolute atomic E-state index is 13.4. The van der Waals surface area contributed by atoms with Crippen molar-refractivity contribution in [2.24, 2.45) is 0 Å². The monoisotopic (exact) mass is 210 g/mol. The van der Waals surface area contributed by atoms with Crippen LogP contribution in [0.3, 0.4) is 0 Å². The molecule has 1 fully saturated rings. The van der Waals surface area contributed by atoms with Gasteiger partial charge in [0.2, 0.25) is 0 Å². The van der Waals surface area contributed by atoms with Gasteiger partial charge in [-0.3, -0.25) is 4.90 Å². The Morgan fingerprint density at radius 2 is 2.33 bits per heavy atom. The highest BCUT2D eigenvalue weighted by Gasteiger charge is 2.20. The molecule has 3 N–H and O–H groups in total. The fourth-order valence-electron chi connectivity index (χ4n) is 1.89. The molecule has 1 heterocycles. The number of hydrogen-bond donors (Lipinski definition) is 2. The summed E-state index contributed by atoms with van der Waals surface area (Å²) in [5.41, 5.74) is 6.54. The Bertz CT molecular complexity index is 356. The number of aliphatic hydroxyl groups excluding tert-OH is 1. The molecule has 1 aromatic carbocycles. The van der Waals surface area contributed by atoms with E-state index in [0.717, 1.165) is 13.0 Å². The molecule has 0 spiro atoms. The van der Waals surface area contributed by atoms with Crippen LogP contribution in [0.15, 0.2) is 18.2 Å². The van der Waals surface area contributed by atoms with Crippen LogP contribution in [0.2, 0.25) is 0 Å². The van der Waals surface area contributed by atoms with Gasteiger partial charge in [-0.05, 0) is 18.6 Å². The smallest absolute Gasteiger partial charge is 0.129 e. The van der Waals surface area contributed by atoms with Crippen molar-refractivity contribution in [1.82, 2.24) is 4.90 Å². The van der Waals surface area contributed by atoms with E-state index in [-0.39, 0.29) is 11.9 Å². The number of likely N-dealkylation sites (tertiary alicyclic amines) is 1. The second-order valence-electron chi connectivity index (χ2n) is 4.03. The lowest BCUT2D eigenvalue weighted by Crippen LogP contribution is -2.22. The molecule has 1 aliphatic heterocycles. The molecular weight excluding hydrogens is 195 g/mol. The third kappa shape index (κ3) is 2.46. The number of hydrogen-bond acceptors (Lipinski definition) is 3. The Kier molecular flexibility index (Phi) is 2.88. The largest absolute Gasteiger partial charge is 0.399 e. The van der Waals surface area contributed by atoms with Gasteiger partial charge in [0.25, 0.3) is 0 Å². The Balaban J connectivity index is 2.04. The molecule has 3 nitrogen and oxygen atoms in total. The molecule has 0 bridgehead atoms. The molecule has 2 rings (SSSR count). The number of nitrogens with zero attached hydrogens (tertiary/aromatic N) is 1. The zero-order chi connectivity index (χ0) is 10.8. The minimum Gasteiger partial charge on any atom is -0.399 e. The maximum Gasteiger partial charge on any atom is 0.129 e. The predicted octanol–water partition coefficient (Wildman–Crippen LogP) is 0.975. The number of benzene rings is 1. The number of nitrogens with two attached hydrogens (primary N) is 1. The van der Waals surface area contributed by atoms with Crippen molar-refractivity contribution in [3.63, 3.8) is 0 Å². The van der Waals surface area contributed by atoms with Gasteiger partial charge in [-0.2, -0.15) is 0 Å². The van der Waals surface area contributed by atoms with Crippen molar-refractivity contribution in [1.29, 1.82) is 0 Å². The lowest BCUT2D eigenvalue weighted by atomic mass is 10.2. The van der Waals surface area contributed by atoms with E-state index in [4.69, 9.17) is 5.73 Å². The molecule has 1 unspecified atom stereocenters. The van der Waals surface area contributed by atoms with Crippen LogP contribution < -0.4 is 5.73 Å². The van der Waals surface area contributed by atoms with Crippen molar-refractivity contribution in [2.75, 3.05) is 18.8 Å². The van der Waals surface area contributed by atoms with E-state index < -0.39 is 0 Å². The molecular formula is C11H15FN2O. The molecule has 1 aromatic rings. The topological polar surface area (TPSA) is 49.5 Å². The molecule has 4 heteroatoms. The lowest BCUT2D eigenvalue weighted by molar-refractivity contribution is 0.174. The second kappa shape index (κ2) is 4.16. The van der Waals surface area contributed by atoms with E-state index in [1.807, 2.05) is 4.90 Å². The molecule has 1 saturated heterocycles. The number of rotatable bonds is 2. The van der Waals surface area contributed by atoms with E-state index in [0.29, 0.717) is 24.3 Å². The number of aliphatic hydroxyl groups is 1. The summed E-state index contributed by atoms with van der Waals surface area (Å²) < 4.78 is 13.4. The van der Waals surface area contributed by atoms with Gasteiger partial charge in [-0.15, -0.1) is 0 Å². The van der Waals surface area contributed by atoms with Gasteiger partial charge in [0.05, 0.1) is 6.10 Å². The Labute approximate surface area is 88.3 Å². The highest BCUT2D eigenvalue weighted by Crippen LogP contribution is 2.17. The molecule has 15 heavy (non-hydrogen) atoms. The Morgan fingerprint density at radius 1 is 1.53 bits per heavy atom. The van der Waals surface area contributed by atoms with Crippen LogP contribution >= 0.6 is 0 Å². The molecule has 0 radical (unpaired) electrons. The Hall–Kier alpha value is -1.13. The van der Waals surface area contributed by atoms with Crippen LogP contribution in [0.4, 0.5) is 10.1 Å². The summed E-state index contributed by atoms with van der Waals surface area (Å²) in [5, 5.41) is 9.34. The summed E-state index contributed by atoms with van der Waals surface area (Å²) in [6.07, 6.45) is 0.512. The standard InChI is InChI=1S/C11H15FN2O/c12-11-5-9(13)2-1-8(11)6-14-4-3-10(15)7-14/h1-2,5,10,15H,3-4,6-7,13H2. The molecule has 0 saturated carbocycles. The van der Waals surface area contributed by atoms with Gasteiger partial charge in [-0.25, -0.2) is 4.39 Å². The van der Waals surface area contributed by atoms with Crippen molar-refractivity contribution < 1.29 is 9.50 Å². The first-order valence-corrected chi connectivity index (χ1v) is 5.09.